The molecule has 5 nitrogen and oxygen atoms in total. The number of rotatable bonds is 4. The third-order valence-electron chi connectivity index (χ3n) is 3.77. The molecule has 6 heteroatoms. The average Bonchev–Trinajstić information content (AvgIpc) is 2.89. The van der Waals surface area contributed by atoms with Gasteiger partial charge in [-0.25, -0.2) is 4.39 Å². The molecule has 0 saturated carbocycles. The molecule has 0 bridgehead atoms. The van der Waals surface area contributed by atoms with Crippen LogP contribution in [0.5, 0.6) is 0 Å². The summed E-state index contributed by atoms with van der Waals surface area (Å²) in [4.78, 5) is 23.5. The van der Waals surface area contributed by atoms with Crippen LogP contribution in [-0.2, 0) is 6.54 Å². The van der Waals surface area contributed by atoms with E-state index in [2.05, 4.69) is 5.32 Å². The normalized spacial score (nSPS) is 10.8. The number of nitrogens with two attached hydrogens (primary N) is 1. The zero-order chi connectivity index (χ0) is 17.3. The fourth-order valence-electron chi connectivity index (χ4n) is 2.51. The summed E-state index contributed by atoms with van der Waals surface area (Å²) in [5.74, 6) is -1.19. The lowest BCUT2D eigenvalue weighted by molar-refractivity contribution is 0.0924. The Labute approximate surface area is 137 Å². The highest BCUT2D eigenvalue weighted by molar-refractivity contribution is 5.99. The standard InChI is InChI=1S/C18H15FN2O3/c1-10-14-8-13(19)5-6-15(14)24-16(10)18(23)21-9-11-3-2-4-12(7-11)17(20)22/h2-8H,9H2,1H3,(H2,20,22)(H,21,23). The van der Waals surface area contributed by atoms with Gasteiger partial charge < -0.3 is 15.5 Å². The Morgan fingerprint density at radius 1 is 1.21 bits per heavy atom. The quantitative estimate of drug-likeness (QED) is 0.773. The minimum Gasteiger partial charge on any atom is -0.451 e. The van der Waals surface area contributed by atoms with Crippen molar-refractivity contribution in [3.8, 4) is 0 Å². The van der Waals surface area contributed by atoms with E-state index >= 15 is 0 Å². The van der Waals surface area contributed by atoms with Gasteiger partial charge in [-0.3, -0.25) is 9.59 Å². The Morgan fingerprint density at radius 3 is 2.75 bits per heavy atom. The second-order valence-corrected chi connectivity index (χ2v) is 5.44. The molecule has 0 atom stereocenters. The van der Waals surface area contributed by atoms with E-state index in [0.717, 1.165) is 5.56 Å². The van der Waals surface area contributed by atoms with Gasteiger partial charge in [0.15, 0.2) is 5.76 Å². The molecule has 3 N–H and O–H groups in total. The molecule has 0 fully saturated rings. The summed E-state index contributed by atoms with van der Waals surface area (Å²) in [7, 11) is 0. The third kappa shape index (κ3) is 2.99. The van der Waals surface area contributed by atoms with Crippen LogP contribution in [0.3, 0.4) is 0 Å². The highest BCUT2D eigenvalue weighted by atomic mass is 19.1. The molecule has 0 saturated heterocycles. The van der Waals surface area contributed by atoms with Crippen molar-refractivity contribution in [1.82, 2.24) is 5.32 Å². The molecule has 3 aromatic rings. The molecule has 3 rings (SSSR count). The summed E-state index contributed by atoms with van der Waals surface area (Å²) in [5.41, 5.74) is 7.37. The maximum atomic E-state index is 13.3. The van der Waals surface area contributed by atoms with Gasteiger partial charge in [-0.05, 0) is 42.8 Å². The first kappa shape index (κ1) is 15.7. The minimum atomic E-state index is -0.529. The van der Waals surface area contributed by atoms with Crippen LogP contribution in [0.25, 0.3) is 11.0 Å². The molecule has 2 aromatic carbocycles. The minimum absolute atomic E-state index is 0.140. The highest BCUT2D eigenvalue weighted by Crippen LogP contribution is 2.26. The number of hydrogen-bond acceptors (Lipinski definition) is 3. The van der Waals surface area contributed by atoms with Crippen LogP contribution in [0.2, 0.25) is 0 Å². The zero-order valence-electron chi connectivity index (χ0n) is 12.9. The molecular formula is C18H15FN2O3. The predicted molar refractivity (Wildman–Crippen MR) is 87.0 cm³/mol. The molecule has 0 spiro atoms. The number of halogens is 1. The molecule has 0 aliphatic rings. The third-order valence-corrected chi connectivity index (χ3v) is 3.77. The number of fused-ring (bicyclic) bond motifs is 1. The van der Waals surface area contributed by atoms with Crippen molar-refractivity contribution >= 4 is 22.8 Å². The van der Waals surface area contributed by atoms with Gasteiger partial charge in [0.2, 0.25) is 5.91 Å². The van der Waals surface area contributed by atoms with Gasteiger partial charge in [-0.15, -0.1) is 0 Å². The Balaban J connectivity index is 1.79. The van der Waals surface area contributed by atoms with E-state index in [0.29, 0.717) is 22.1 Å². The molecule has 1 heterocycles. The Bertz CT molecular complexity index is 947. The van der Waals surface area contributed by atoms with Gasteiger partial charge in [-0.2, -0.15) is 0 Å². The topological polar surface area (TPSA) is 85.3 Å². The van der Waals surface area contributed by atoms with E-state index < -0.39 is 11.8 Å². The van der Waals surface area contributed by atoms with Crippen LogP contribution >= 0.6 is 0 Å². The zero-order valence-corrected chi connectivity index (χ0v) is 12.9. The van der Waals surface area contributed by atoms with Crippen molar-refractivity contribution in [3.63, 3.8) is 0 Å². The molecule has 0 aliphatic heterocycles. The molecular weight excluding hydrogens is 311 g/mol. The number of hydrogen-bond donors (Lipinski definition) is 2. The van der Waals surface area contributed by atoms with Crippen LogP contribution in [0, 0.1) is 12.7 Å². The first-order valence-corrected chi connectivity index (χ1v) is 7.31. The van der Waals surface area contributed by atoms with Gasteiger partial charge in [0.05, 0.1) is 0 Å². The van der Waals surface area contributed by atoms with Gasteiger partial charge in [0.25, 0.3) is 5.91 Å². The lowest BCUT2D eigenvalue weighted by Gasteiger charge is -2.05. The van der Waals surface area contributed by atoms with Gasteiger partial charge in [0.1, 0.15) is 11.4 Å². The molecule has 0 unspecified atom stereocenters. The maximum absolute atomic E-state index is 13.3. The lowest BCUT2D eigenvalue weighted by Crippen LogP contribution is -2.23. The summed E-state index contributed by atoms with van der Waals surface area (Å²) in [6, 6.07) is 10.8. The van der Waals surface area contributed by atoms with Crippen molar-refractivity contribution in [1.29, 1.82) is 0 Å². The van der Waals surface area contributed by atoms with Crippen LogP contribution < -0.4 is 11.1 Å². The molecule has 2 amide bonds. The number of benzene rings is 2. The smallest absolute Gasteiger partial charge is 0.287 e. The first-order chi connectivity index (χ1) is 11.5. The summed E-state index contributed by atoms with van der Waals surface area (Å²) in [6.45, 7) is 1.92. The van der Waals surface area contributed by atoms with E-state index in [9.17, 15) is 14.0 Å². The molecule has 24 heavy (non-hydrogen) atoms. The van der Waals surface area contributed by atoms with Crippen LogP contribution in [0.15, 0.2) is 46.9 Å². The molecule has 1 aromatic heterocycles. The second kappa shape index (κ2) is 6.16. The van der Waals surface area contributed by atoms with Gasteiger partial charge >= 0.3 is 0 Å². The Hall–Kier alpha value is -3.15. The van der Waals surface area contributed by atoms with E-state index in [-0.39, 0.29) is 18.1 Å². The predicted octanol–water partition coefficient (Wildman–Crippen LogP) is 2.91. The number of carbonyl (C=O) groups excluding carboxylic acids is 2. The second-order valence-electron chi connectivity index (χ2n) is 5.44. The van der Waals surface area contributed by atoms with E-state index in [1.54, 1.807) is 31.2 Å². The highest BCUT2D eigenvalue weighted by Gasteiger charge is 2.17. The first-order valence-electron chi connectivity index (χ1n) is 7.31. The van der Waals surface area contributed by atoms with E-state index in [4.69, 9.17) is 10.2 Å². The fraction of sp³-hybridized carbons (Fsp3) is 0.111. The van der Waals surface area contributed by atoms with Crippen molar-refractivity contribution in [2.45, 2.75) is 13.5 Å². The molecule has 0 aliphatic carbocycles. The number of amides is 2. The number of furan rings is 1. The fourth-order valence-corrected chi connectivity index (χ4v) is 2.51. The van der Waals surface area contributed by atoms with Crippen LogP contribution in [0.1, 0.15) is 32.0 Å². The molecule has 0 radical (unpaired) electrons. The number of carbonyl (C=O) groups is 2. The van der Waals surface area contributed by atoms with E-state index in [1.165, 1.54) is 18.2 Å². The summed E-state index contributed by atoms with van der Waals surface area (Å²) in [6.07, 6.45) is 0. The van der Waals surface area contributed by atoms with E-state index in [1.807, 2.05) is 0 Å². The van der Waals surface area contributed by atoms with Gasteiger partial charge in [0, 0.05) is 23.1 Å². The van der Waals surface area contributed by atoms with Crippen molar-refractivity contribution < 1.29 is 18.4 Å². The monoisotopic (exact) mass is 326 g/mol. The van der Waals surface area contributed by atoms with Crippen LogP contribution in [-0.4, -0.2) is 11.8 Å². The summed E-state index contributed by atoms with van der Waals surface area (Å²) >= 11 is 0. The number of nitrogens with one attached hydrogen (secondary N) is 1. The summed E-state index contributed by atoms with van der Waals surface area (Å²) in [5, 5.41) is 3.28. The van der Waals surface area contributed by atoms with Crippen molar-refractivity contribution in [3.05, 3.63) is 70.7 Å². The average molecular weight is 326 g/mol. The number of aryl methyl sites for hydroxylation is 1. The molecule has 122 valence electrons. The lowest BCUT2D eigenvalue weighted by atomic mass is 10.1. The van der Waals surface area contributed by atoms with Crippen LogP contribution in [0.4, 0.5) is 4.39 Å². The Morgan fingerprint density at radius 2 is 2.00 bits per heavy atom. The maximum Gasteiger partial charge on any atom is 0.287 e. The number of primary amides is 1. The van der Waals surface area contributed by atoms with Crippen molar-refractivity contribution in [2.75, 3.05) is 0 Å². The SMILES string of the molecule is Cc1c(C(=O)NCc2cccc(C(N)=O)c2)oc2ccc(F)cc12. The Kier molecular flexibility index (Phi) is 4.04. The van der Waals surface area contributed by atoms with Crippen molar-refractivity contribution in [2.24, 2.45) is 5.73 Å². The summed E-state index contributed by atoms with van der Waals surface area (Å²) < 4.78 is 18.8. The van der Waals surface area contributed by atoms with Gasteiger partial charge in [-0.1, -0.05) is 12.1 Å². The largest absolute Gasteiger partial charge is 0.451 e.